The molecule has 0 bridgehead atoms. The van der Waals surface area contributed by atoms with Gasteiger partial charge in [-0.05, 0) is 34.5 Å². The molecule has 1 aliphatic rings. The molecule has 1 amide bonds. The molecule has 0 saturated heterocycles. The van der Waals surface area contributed by atoms with Crippen molar-refractivity contribution in [3.05, 3.63) is 82.4 Å². The van der Waals surface area contributed by atoms with Crippen molar-refractivity contribution in [1.29, 1.82) is 0 Å². The minimum atomic E-state index is -0.823. The molecule has 0 spiro atoms. The molecule has 1 N–H and O–H groups in total. The number of non-ortho nitro benzene ring substituents is 1. The van der Waals surface area contributed by atoms with Crippen molar-refractivity contribution in [2.24, 2.45) is 5.10 Å². The molecule has 150 valence electrons. The maximum atomic E-state index is 12.3. The third kappa shape index (κ3) is 4.27. The van der Waals surface area contributed by atoms with Crippen LogP contribution in [0.15, 0.2) is 71.8 Å². The zero-order valence-corrected chi connectivity index (χ0v) is 15.7. The molecule has 0 aromatic heterocycles. The van der Waals surface area contributed by atoms with Crippen molar-refractivity contribution in [3.8, 4) is 11.5 Å². The monoisotopic (exact) mass is 403 g/mol. The number of nitrogens with one attached hydrogen (secondary N) is 1. The first kappa shape index (κ1) is 19.1. The van der Waals surface area contributed by atoms with Crippen molar-refractivity contribution in [1.82, 2.24) is 5.43 Å². The summed E-state index contributed by atoms with van der Waals surface area (Å²) in [7, 11) is 0. The van der Waals surface area contributed by atoms with Crippen molar-refractivity contribution >= 4 is 34.7 Å². The maximum Gasteiger partial charge on any atom is 0.284 e. The topological polar surface area (TPSA) is 103 Å². The van der Waals surface area contributed by atoms with E-state index in [2.05, 4.69) is 10.5 Å². The standard InChI is InChI=1S/C22H17N3O5/c26-22(24-23-10-4-6-15-5-3-9-18(11-15)25(27)28)21-14-29-19-12-16-7-1-2-8-17(16)13-20(19)30-21/h1-13,21H,14H2,(H,24,26). The van der Waals surface area contributed by atoms with Crippen LogP contribution in [-0.2, 0) is 4.79 Å². The van der Waals surface area contributed by atoms with Crippen LogP contribution in [-0.4, -0.2) is 29.8 Å². The molecule has 1 unspecified atom stereocenters. The fourth-order valence-electron chi connectivity index (χ4n) is 3.00. The van der Waals surface area contributed by atoms with E-state index in [1.54, 1.807) is 24.3 Å². The van der Waals surface area contributed by atoms with E-state index in [4.69, 9.17) is 9.47 Å². The first-order valence-electron chi connectivity index (χ1n) is 9.16. The Morgan fingerprint density at radius 2 is 1.87 bits per heavy atom. The number of amides is 1. The lowest BCUT2D eigenvalue weighted by Crippen LogP contribution is -2.42. The van der Waals surface area contributed by atoms with Gasteiger partial charge in [0.05, 0.1) is 4.92 Å². The van der Waals surface area contributed by atoms with Crippen molar-refractivity contribution < 1.29 is 19.2 Å². The third-order valence-electron chi connectivity index (χ3n) is 4.47. The lowest BCUT2D eigenvalue weighted by molar-refractivity contribution is -0.384. The highest BCUT2D eigenvalue weighted by Crippen LogP contribution is 2.35. The average molecular weight is 403 g/mol. The molecule has 1 aliphatic heterocycles. The number of nitro groups is 1. The minimum absolute atomic E-state index is 0.00454. The Morgan fingerprint density at radius 1 is 1.10 bits per heavy atom. The first-order valence-corrected chi connectivity index (χ1v) is 9.16. The number of rotatable bonds is 5. The number of hydrogen-bond acceptors (Lipinski definition) is 6. The summed E-state index contributed by atoms with van der Waals surface area (Å²) in [5, 5.41) is 16.6. The molecule has 0 saturated carbocycles. The largest absolute Gasteiger partial charge is 0.485 e. The van der Waals surface area contributed by atoms with Gasteiger partial charge in [-0.15, -0.1) is 0 Å². The summed E-state index contributed by atoms with van der Waals surface area (Å²) in [4.78, 5) is 22.6. The zero-order chi connectivity index (χ0) is 20.9. The lowest BCUT2D eigenvalue weighted by atomic mass is 10.1. The van der Waals surface area contributed by atoms with E-state index >= 15 is 0 Å². The molecule has 30 heavy (non-hydrogen) atoms. The second kappa shape index (κ2) is 8.44. The van der Waals surface area contributed by atoms with Gasteiger partial charge < -0.3 is 9.47 Å². The quantitative estimate of drug-likeness (QED) is 0.397. The molecule has 1 atom stereocenters. The van der Waals surface area contributed by atoms with Gasteiger partial charge in [0.2, 0.25) is 6.10 Å². The summed E-state index contributed by atoms with van der Waals surface area (Å²) in [5.74, 6) is 0.671. The number of carbonyl (C=O) groups is 1. The zero-order valence-electron chi connectivity index (χ0n) is 15.7. The molecule has 1 heterocycles. The van der Waals surface area contributed by atoms with Gasteiger partial charge in [0.15, 0.2) is 11.5 Å². The lowest BCUT2D eigenvalue weighted by Gasteiger charge is -2.25. The van der Waals surface area contributed by atoms with Gasteiger partial charge >= 0.3 is 0 Å². The van der Waals surface area contributed by atoms with E-state index in [1.165, 1.54) is 18.3 Å². The van der Waals surface area contributed by atoms with Gasteiger partial charge in [-0.2, -0.15) is 5.10 Å². The molecule has 0 aliphatic carbocycles. The predicted octanol–water partition coefficient (Wildman–Crippen LogP) is 3.70. The second-order valence-corrected chi connectivity index (χ2v) is 6.53. The summed E-state index contributed by atoms with van der Waals surface area (Å²) in [6, 6.07) is 17.7. The summed E-state index contributed by atoms with van der Waals surface area (Å²) in [6.45, 7) is 0.0796. The van der Waals surface area contributed by atoms with Crippen LogP contribution in [0.25, 0.3) is 16.8 Å². The number of nitrogens with zero attached hydrogens (tertiary/aromatic N) is 2. The Hall–Kier alpha value is -4.20. The van der Waals surface area contributed by atoms with Gasteiger partial charge in [0, 0.05) is 18.3 Å². The number of carbonyl (C=O) groups excluding carboxylic acids is 1. The fraction of sp³-hybridized carbons (Fsp3) is 0.0909. The predicted molar refractivity (Wildman–Crippen MR) is 113 cm³/mol. The van der Waals surface area contributed by atoms with Crippen molar-refractivity contribution in [2.45, 2.75) is 6.10 Å². The Bertz CT molecular complexity index is 1170. The van der Waals surface area contributed by atoms with E-state index in [0.29, 0.717) is 17.1 Å². The van der Waals surface area contributed by atoms with Crippen LogP contribution in [0, 0.1) is 10.1 Å². The summed E-state index contributed by atoms with van der Waals surface area (Å²) in [5.41, 5.74) is 3.05. The van der Waals surface area contributed by atoms with E-state index in [0.717, 1.165) is 10.8 Å². The minimum Gasteiger partial charge on any atom is -0.485 e. The van der Waals surface area contributed by atoms with Crippen LogP contribution in [0.2, 0.25) is 0 Å². The molecule has 0 radical (unpaired) electrons. The van der Waals surface area contributed by atoms with Crippen LogP contribution in [0.4, 0.5) is 5.69 Å². The highest BCUT2D eigenvalue weighted by Gasteiger charge is 2.27. The maximum absolute atomic E-state index is 12.3. The van der Waals surface area contributed by atoms with E-state index in [9.17, 15) is 14.9 Å². The fourth-order valence-corrected chi connectivity index (χ4v) is 3.00. The molecule has 8 heteroatoms. The highest BCUT2D eigenvalue weighted by molar-refractivity contribution is 5.87. The summed E-state index contributed by atoms with van der Waals surface area (Å²) < 4.78 is 11.4. The van der Waals surface area contributed by atoms with Crippen LogP contribution in [0.3, 0.4) is 0 Å². The number of allylic oxidation sites excluding steroid dienone is 1. The number of hydrazone groups is 1. The number of ether oxygens (including phenoxy) is 2. The Kier molecular flexibility index (Phi) is 5.38. The number of benzene rings is 3. The van der Waals surface area contributed by atoms with E-state index in [-0.39, 0.29) is 12.3 Å². The molecule has 3 aromatic rings. The van der Waals surface area contributed by atoms with Gasteiger partial charge in [-0.25, -0.2) is 5.43 Å². The van der Waals surface area contributed by atoms with Crippen LogP contribution >= 0.6 is 0 Å². The molecule has 4 rings (SSSR count). The molecule has 8 nitrogen and oxygen atoms in total. The molecule has 0 fully saturated rings. The average Bonchev–Trinajstić information content (AvgIpc) is 2.77. The van der Waals surface area contributed by atoms with E-state index < -0.39 is 16.9 Å². The third-order valence-corrected chi connectivity index (χ3v) is 4.47. The summed E-state index contributed by atoms with van der Waals surface area (Å²) in [6.07, 6.45) is 3.77. The van der Waals surface area contributed by atoms with Gasteiger partial charge in [-0.1, -0.05) is 42.5 Å². The Morgan fingerprint density at radius 3 is 2.63 bits per heavy atom. The van der Waals surface area contributed by atoms with E-state index in [1.807, 2.05) is 36.4 Å². The summed E-state index contributed by atoms with van der Waals surface area (Å²) >= 11 is 0. The van der Waals surface area contributed by atoms with Gasteiger partial charge in [0.25, 0.3) is 11.6 Å². The normalized spacial score (nSPS) is 15.5. The van der Waals surface area contributed by atoms with Gasteiger partial charge in [-0.3, -0.25) is 14.9 Å². The number of fused-ring (bicyclic) bond motifs is 2. The van der Waals surface area contributed by atoms with Crippen LogP contribution in [0.1, 0.15) is 5.56 Å². The first-order chi connectivity index (χ1) is 14.6. The van der Waals surface area contributed by atoms with Crippen molar-refractivity contribution in [2.75, 3.05) is 6.61 Å². The smallest absolute Gasteiger partial charge is 0.284 e. The Labute approximate surface area is 171 Å². The molecule has 3 aromatic carbocycles. The highest BCUT2D eigenvalue weighted by atomic mass is 16.6. The van der Waals surface area contributed by atoms with Gasteiger partial charge in [0.1, 0.15) is 6.61 Å². The number of hydrogen-bond donors (Lipinski definition) is 1. The Balaban J connectivity index is 1.35. The molecular formula is C22H17N3O5. The number of nitro benzene ring substituents is 1. The SMILES string of the molecule is O=C(NN=CC=Cc1cccc([N+](=O)[O-])c1)C1COc2cc3ccccc3cc2O1. The second-order valence-electron chi connectivity index (χ2n) is 6.53. The van der Waals surface area contributed by atoms with Crippen LogP contribution < -0.4 is 14.9 Å². The van der Waals surface area contributed by atoms with Crippen LogP contribution in [0.5, 0.6) is 11.5 Å². The van der Waals surface area contributed by atoms with Crippen molar-refractivity contribution in [3.63, 3.8) is 0 Å². The molecular weight excluding hydrogens is 386 g/mol.